The highest BCUT2D eigenvalue weighted by Crippen LogP contribution is 2.41. The van der Waals surface area contributed by atoms with Crippen molar-refractivity contribution in [2.45, 2.75) is 12.8 Å². The Labute approximate surface area is 48.3 Å². The van der Waals surface area contributed by atoms with Gasteiger partial charge in [0.2, 0.25) is 0 Å². The fraction of sp³-hybridized carbons (Fsp3) is 0.500. The molecule has 2 aliphatic rings. The van der Waals surface area contributed by atoms with Gasteiger partial charge in [0.25, 0.3) is 0 Å². The van der Waals surface area contributed by atoms with E-state index in [2.05, 4.69) is 10.2 Å². The van der Waals surface area contributed by atoms with Gasteiger partial charge < -0.3 is 0 Å². The lowest BCUT2D eigenvalue weighted by Gasteiger charge is -1.92. The van der Waals surface area contributed by atoms with Crippen LogP contribution in [-0.4, -0.2) is 0 Å². The van der Waals surface area contributed by atoms with E-state index in [4.69, 9.17) is 0 Å². The fourth-order valence-corrected chi connectivity index (χ4v) is 0.840. The lowest BCUT2D eigenvalue weighted by Crippen LogP contribution is -1.85. The molecule has 0 aromatic heterocycles. The predicted molar refractivity (Wildman–Crippen MR) is 30.0 cm³/mol. The second kappa shape index (κ2) is 1.41. The third-order valence-corrected chi connectivity index (χ3v) is 1.48. The highest BCUT2D eigenvalue weighted by atomic mass is 15.1. The van der Waals surface area contributed by atoms with Crippen LogP contribution in [0.3, 0.4) is 0 Å². The molecule has 0 saturated heterocycles. The number of hydrogen-bond donors (Lipinski definition) is 0. The van der Waals surface area contributed by atoms with Crippen LogP contribution in [-0.2, 0) is 0 Å². The van der Waals surface area contributed by atoms with Crippen molar-refractivity contribution >= 4 is 0 Å². The van der Waals surface area contributed by atoms with Crippen molar-refractivity contribution in [3.8, 4) is 0 Å². The van der Waals surface area contributed by atoms with Crippen molar-refractivity contribution in [2.75, 3.05) is 0 Å². The summed E-state index contributed by atoms with van der Waals surface area (Å²) in [5.41, 5.74) is 0. The number of hydrogen-bond acceptors (Lipinski definition) is 2. The molecule has 0 N–H and O–H groups in total. The Bertz CT molecular complexity index is 133. The van der Waals surface area contributed by atoms with Crippen LogP contribution in [0.15, 0.2) is 22.5 Å². The first-order chi connectivity index (χ1) is 3.97. The van der Waals surface area contributed by atoms with Gasteiger partial charge in [0.1, 0.15) is 6.04 Å². The first-order valence-electron chi connectivity index (χ1n) is 2.91. The minimum absolute atomic E-state index is 0.762. The monoisotopic (exact) mass is 107 g/mol. The predicted octanol–water partition coefficient (Wildman–Crippen LogP) is 1.91. The molecule has 0 amide bonds. The maximum Gasteiger partial charge on any atom is 0.135 e. The molecule has 2 heteroatoms. The fourth-order valence-electron chi connectivity index (χ4n) is 0.840. The van der Waals surface area contributed by atoms with E-state index in [1.165, 1.54) is 18.9 Å². The molecule has 0 unspecified atom stereocenters. The van der Waals surface area contributed by atoms with Crippen molar-refractivity contribution in [3.63, 3.8) is 0 Å². The molecule has 2 rings (SSSR count). The van der Waals surface area contributed by atoms with Gasteiger partial charge in [-0.3, -0.25) is 0 Å². The molecule has 1 saturated carbocycles. The van der Waals surface area contributed by atoms with E-state index < -0.39 is 0 Å². The number of rotatable bonds is 1. The zero-order valence-electron chi connectivity index (χ0n) is 4.54. The molecule has 1 radical (unpaired) electrons. The van der Waals surface area contributed by atoms with Crippen LogP contribution in [0.25, 0.3) is 0 Å². The summed E-state index contributed by atoms with van der Waals surface area (Å²) in [6, 6.07) is 1.19. The van der Waals surface area contributed by atoms with Gasteiger partial charge in [-0.15, -0.1) is 0 Å². The first kappa shape index (κ1) is 4.24. The summed E-state index contributed by atoms with van der Waals surface area (Å²) in [6.45, 7) is 0. The van der Waals surface area contributed by atoms with Gasteiger partial charge in [-0.05, 0) is 24.8 Å². The molecule has 1 heterocycles. The quantitative estimate of drug-likeness (QED) is 0.489. The summed E-state index contributed by atoms with van der Waals surface area (Å²) in [4.78, 5) is 0. The topological polar surface area (TPSA) is 24.7 Å². The van der Waals surface area contributed by atoms with Crippen molar-refractivity contribution in [3.05, 3.63) is 18.3 Å². The number of azo groups is 1. The standard InChI is InChI=1S/C6H7N2/c1-2-5(1)6-3-4-7-8-6/h3-5H,1-2H2. The van der Waals surface area contributed by atoms with Gasteiger partial charge in [0.15, 0.2) is 0 Å². The summed E-state index contributed by atoms with van der Waals surface area (Å²) >= 11 is 0. The van der Waals surface area contributed by atoms with Crippen molar-refractivity contribution in [1.82, 2.24) is 0 Å². The first-order valence-corrected chi connectivity index (χ1v) is 2.91. The van der Waals surface area contributed by atoms with E-state index in [1.807, 2.05) is 6.08 Å². The van der Waals surface area contributed by atoms with Crippen LogP contribution in [0.5, 0.6) is 0 Å². The van der Waals surface area contributed by atoms with Gasteiger partial charge in [0.05, 0.1) is 0 Å². The maximum absolute atomic E-state index is 3.93. The molecule has 41 valence electrons. The molecule has 0 bridgehead atoms. The Kier molecular flexibility index (Phi) is 0.745. The molecule has 1 fully saturated rings. The Balaban J connectivity index is 2.06. The number of nitrogens with zero attached hydrogens (tertiary/aromatic N) is 2. The minimum Gasteiger partial charge on any atom is -0.175 e. The molecular formula is C6H7N2. The SMILES string of the molecule is C1=C[C](C2CC2)N=N1. The average Bonchev–Trinajstić information content (AvgIpc) is 2.49. The molecule has 1 aliphatic heterocycles. The van der Waals surface area contributed by atoms with Gasteiger partial charge in [-0.2, -0.15) is 10.2 Å². The molecule has 1 aliphatic carbocycles. The van der Waals surface area contributed by atoms with Crippen LogP contribution in [0.4, 0.5) is 0 Å². The van der Waals surface area contributed by atoms with E-state index in [0.29, 0.717) is 0 Å². The van der Waals surface area contributed by atoms with Gasteiger partial charge in [-0.25, -0.2) is 0 Å². The van der Waals surface area contributed by atoms with Gasteiger partial charge >= 0.3 is 0 Å². The maximum atomic E-state index is 3.93. The lowest BCUT2D eigenvalue weighted by atomic mass is 10.2. The third kappa shape index (κ3) is 0.565. The van der Waals surface area contributed by atoms with Crippen molar-refractivity contribution < 1.29 is 0 Å². The molecule has 0 atom stereocenters. The zero-order valence-corrected chi connectivity index (χ0v) is 4.54. The van der Waals surface area contributed by atoms with Crippen LogP contribution in [0.2, 0.25) is 0 Å². The molecule has 2 nitrogen and oxygen atoms in total. The summed E-state index contributed by atoms with van der Waals surface area (Å²) in [7, 11) is 0. The van der Waals surface area contributed by atoms with Crippen LogP contribution >= 0.6 is 0 Å². The van der Waals surface area contributed by atoms with Crippen molar-refractivity contribution in [2.24, 2.45) is 16.1 Å². The Morgan fingerprint density at radius 3 is 2.88 bits per heavy atom. The molecule has 8 heavy (non-hydrogen) atoms. The largest absolute Gasteiger partial charge is 0.175 e. The summed E-state index contributed by atoms with van der Waals surface area (Å²) in [6.07, 6.45) is 6.39. The van der Waals surface area contributed by atoms with Crippen LogP contribution < -0.4 is 0 Å². The van der Waals surface area contributed by atoms with Crippen molar-refractivity contribution in [1.29, 1.82) is 0 Å². The lowest BCUT2D eigenvalue weighted by molar-refractivity contribution is 0.854. The molecule has 0 spiro atoms. The van der Waals surface area contributed by atoms with Gasteiger partial charge in [0, 0.05) is 6.20 Å². The minimum atomic E-state index is 0.762. The second-order valence-electron chi connectivity index (χ2n) is 2.23. The van der Waals surface area contributed by atoms with Gasteiger partial charge in [-0.1, -0.05) is 0 Å². The molecular weight excluding hydrogens is 100 g/mol. The normalized spacial score (nSPS) is 27.5. The summed E-state index contributed by atoms with van der Waals surface area (Å²) in [5.74, 6) is 0.762. The Morgan fingerprint density at radius 2 is 2.38 bits per heavy atom. The van der Waals surface area contributed by atoms with E-state index in [1.54, 1.807) is 6.20 Å². The Hall–Kier alpha value is -0.660. The average molecular weight is 107 g/mol. The Morgan fingerprint density at radius 1 is 1.50 bits per heavy atom. The third-order valence-electron chi connectivity index (χ3n) is 1.48. The van der Waals surface area contributed by atoms with Crippen LogP contribution in [0, 0.1) is 12.0 Å². The van der Waals surface area contributed by atoms with Crippen LogP contribution in [0.1, 0.15) is 12.8 Å². The highest BCUT2D eigenvalue weighted by molar-refractivity contribution is 5.18. The summed E-state index contributed by atoms with van der Waals surface area (Å²) < 4.78 is 0. The second-order valence-corrected chi connectivity index (χ2v) is 2.23. The van der Waals surface area contributed by atoms with E-state index in [9.17, 15) is 0 Å². The zero-order chi connectivity index (χ0) is 5.40. The summed E-state index contributed by atoms with van der Waals surface area (Å²) in [5, 5.41) is 7.66. The molecule has 0 aromatic rings. The smallest absolute Gasteiger partial charge is 0.135 e. The van der Waals surface area contributed by atoms with E-state index in [-0.39, 0.29) is 0 Å². The highest BCUT2D eigenvalue weighted by Gasteiger charge is 2.31. The van der Waals surface area contributed by atoms with E-state index >= 15 is 0 Å². The molecule has 0 aromatic carbocycles. The van der Waals surface area contributed by atoms with E-state index in [0.717, 1.165) is 5.92 Å².